The predicted octanol–water partition coefficient (Wildman–Crippen LogP) is 13.0. The Labute approximate surface area is 327 Å². The number of hydrogen-bond acceptors (Lipinski definition) is 5. The van der Waals surface area contributed by atoms with E-state index in [2.05, 4.69) is 96.8 Å². The smallest absolute Gasteiger partial charge is 0.338 e. The topological polar surface area (TPSA) is 48.0 Å². The average molecular weight is 734 g/mol. The van der Waals surface area contributed by atoms with Crippen LogP contribution in [0.4, 0.5) is 5.69 Å². The molecule has 0 spiro atoms. The van der Waals surface area contributed by atoms with Crippen molar-refractivity contribution in [2.45, 2.75) is 96.0 Å². The van der Waals surface area contributed by atoms with Crippen LogP contribution in [-0.4, -0.2) is 25.7 Å². The first-order chi connectivity index (χ1) is 27.0. The van der Waals surface area contributed by atoms with E-state index in [0.29, 0.717) is 23.0 Å². The monoisotopic (exact) mass is 733 g/mol. The highest BCUT2D eigenvalue weighted by Crippen LogP contribution is 2.47. The number of ether oxygens (including phenoxy) is 3. The van der Waals surface area contributed by atoms with Crippen molar-refractivity contribution in [3.05, 3.63) is 137 Å². The summed E-state index contributed by atoms with van der Waals surface area (Å²) in [5.41, 5.74) is 4.99. The van der Waals surface area contributed by atoms with E-state index >= 15 is 0 Å². The van der Waals surface area contributed by atoms with Crippen LogP contribution in [-0.2, 0) is 10.3 Å². The highest BCUT2D eigenvalue weighted by molar-refractivity contribution is 6.04. The molecule has 2 aliphatic heterocycles. The number of carbonyl (C=O) groups is 1. The van der Waals surface area contributed by atoms with Gasteiger partial charge in [0, 0.05) is 40.9 Å². The lowest BCUT2D eigenvalue weighted by molar-refractivity contribution is 0.0524. The Kier molecular flexibility index (Phi) is 11.3. The number of piperidine rings is 1. The molecule has 284 valence electrons. The molecule has 2 fully saturated rings. The number of rotatable bonds is 12. The molecule has 2 heterocycles. The van der Waals surface area contributed by atoms with Crippen molar-refractivity contribution in [3.63, 3.8) is 0 Å². The van der Waals surface area contributed by atoms with Crippen LogP contribution in [0.2, 0.25) is 0 Å². The van der Waals surface area contributed by atoms with E-state index in [-0.39, 0.29) is 12.6 Å². The fourth-order valence-electron chi connectivity index (χ4n) is 9.13. The van der Waals surface area contributed by atoms with Crippen molar-refractivity contribution in [3.8, 4) is 17.2 Å². The molecule has 1 saturated carbocycles. The summed E-state index contributed by atoms with van der Waals surface area (Å²) in [4.78, 5) is 16.0. The summed E-state index contributed by atoms with van der Waals surface area (Å²) in [5.74, 6) is 3.33. The lowest BCUT2D eigenvalue weighted by Crippen LogP contribution is -2.35. The van der Waals surface area contributed by atoms with Gasteiger partial charge in [0.1, 0.15) is 17.2 Å². The maximum atomic E-state index is 13.5. The summed E-state index contributed by atoms with van der Waals surface area (Å²) >= 11 is 0. The Morgan fingerprint density at radius 2 is 1.51 bits per heavy atom. The zero-order valence-corrected chi connectivity index (χ0v) is 32.6. The minimum absolute atomic E-state index is 0.285. The Morgan fingerprint density at radius 3 is 2.24 bits per heavy atom. The lowest BCUT2D eigenvalue weighted by Gasteiger charge is -2.37. The van der Waals surface area contributed by atoms with Crippen molar-refractivity contribution in [1.29, 1.82) is 0 Å². The van der Waals surface area contributed by atoms with Gasteiger partial charge in [0.25, 0.3) is 0 Å². The molecule has 8 rings (SSSR count). The number of esters is 1. The van der Waals surface area contributed by atoms with Gasteiger partial charge in [0.15, 0.2) is 5.60 Å². The van der Waals surface area contributed by atoms with Gasteiger partial charge in [-0.05, 0) is 135 Å². The quantitative estimate of drug-likeness (QED) is 0.0944. The minimum Gasteiger partial charge on any atom is -0.472 e. The van der Waals surface area contributed by atoms with Gasteiger partial charge in [-0.1, -0.05) is 87.2 Å². The summed E-state index contributed by atoms with van der Waals surface area (Å²) in [5, 5.41) is 1.76. The van der Waals surface area contributed by atoms with Gasteiger partial charge < -0.3 is 19.1 Å². The third-order valence-electron chi connectivity index (χ3n) is 12.2. The molecular formula is C50H55NO4. The molecule has 5 aromatic rings. The average Bonchev–Trinajstić information content (AvgIpc) is 3.24. The maximum absolute atomic E-state index is 13.5. The Hall–Kier alpha value is -5.03. The molecule has 0 aromatic heterocycles. The van der Waals surface area contributed by atoms with Crippen LogP contribution >= 0.6 is 0 Å². The SMILES string of the molecule is CCCCCC1CCC(c2ccc(Oc3ccc4c5c(c(C(=O)OCC)cc4c3)C=CC(c3ccccc3)(c3ccc(N4CCCCC4)cc3)O5)cc2)CC1. The number of benzene rings is 5. The van der Waals surface area contributed by atoms with Crippen molar-refractivity contribution in [1.82, 2.24) is 0 Å². The molecule has 5 heteroatoms. The van der Waals surface area contributed by atoms with E-state index in [0.717, 1.165) is 52.2 Å². The second kappa shape index (κ2) is 16.8. The zero-order valence-electron chi connectivity index (χ0n) is 32.6. The molecule has 3 aliphatic rings. The van der Waals surface area contributed by atoms with Gasteiger partial charge in [0.05, 0.1) is 12.2 Å². The van der Waals surface area contributed by atoms with Gasteiger partial charge in [-0.25, -0.2) is 4.79 Å². The summed E-state index contributed by atoms with van der Waals surface area (Å²) in [7, 11) is 0. The summed E-state index contributed by atoms with van der Waals surface area (Å²) in [6.45, 7) is 6.59. The highest BCUT2D eigenvalue weighted by atomic mass is 16.5. The number of nitrogens with zero attached hydrogens (tertiary/aromatic N) is 1. The fraction of sp³-hybridized carbons (Fsp3) is 0.380. The summed E-state index contributed by atoms with van der Waals surface area (Å²) < 4.78 is 19.3. The van der Waals surface area contributed by atoms with Crippen molar-refractivity contribution in [2.75, 3.05) is 24.6 Å². The molecule has 0 amide bonds. The molecule has 0 N–H and O–H groups in total. The standard InChI is InChI=1S/C50H55NO4/c1-3-5-8-13-36-16-18-37(19-17-36)38-20-26-43(27-21-38)54-44-28-29-45-39(34-44)35-47(49(52)53-4-2)46-30-31-50(55-48(45)46,40-14-9-6-10-15-40)41-22-24-42(25-23-41)51-32-11-7-12-33-51/h6,9-10,14-15,20-31,34-37H,3-5,7-8,11-13,16-19,32-33H2,1-2H3. The van der Waals surface area contributed by atoms with E-state index in [1.807, 2.05) is 37.3 Å². The minimum atomic E-state index is -0.903. The number of fused-ring (bicyclic) bond motifs is 3. The normalized spacial score (nSPS) is 20.8. The van der Waals surface area contributed by atoms with Gasteiger partial charge >= 0.3 is 5.97 Å². The van der Waals surface area contributed by atoms with Crippen molar-refractivity contribution < 1.29 is 19.0 Å². The van der Waals surface area contributed by atoms with Crippen molar-refractivity contribution >= 4 is 28.5 Å². The van der Waals surface area contributed by atoms with Crippen LogP contribution in [0, 0.1) is 5.92 Å². The van der Waals surface area contributed by atoms with Crippen LogP contribution in [0.3, 0.4) is 0 Å². The molecule has 1 unspecified atom stereocenters. The third-order valence-corrected chi connectivity index (χ3v) is 12.2. The second-order valence-corrected chi connectivity index (χ2v) is 15.8. The number of anilines is 1. The second-order valence-electron chi connectivity index (χ2n) is 15.8. The lowest BCUT2D eigenvalue weighted by atomic mass is 9.77. The van der Waals surface area contributed by atoms with Crippen LogP contribution in [0.5, 0.6) is 17.2 Å². The van der Waals surface area contributed by atoms with Crippen LogP contribution in [0.15, 0.2) is 109 Å². The maximum Gasteiger partial charge on any atom is 0.338 e. The fourth-order valence-corrected chi connectivity index (χ4v) is 9.13. The molecule has 5 aromatic carbocycles. The molecule has 0 radical (unpaired) electrons. The van der Waals surface area contributed by atoms with E-state index in [9.17, 15) is 4.79 Å². The molecular weight excluding hydrogens is 679 g/mol. The largest absolute Gasteiger partial charge is 0.472 e. The first-order valence-corrected chi connectivity index (χ1v) is 20.9. The van der Waals surface area contributed by atoms with Crippen LogP contribution in [0.25, 0.3) is 16.8 Å². The summed E-state index contributed by atoms with van der Waals surface area (Å²) in [6, 6.07) is 35.9. The third kappa shape index (κ3) is 7.90. The van der Waals surface area contributed by atoms with Crippen LogP contribution in [0.1, 0.15) is 123 Å². The molecule has 0 bridgehead atoms. The van der Waals surface area contributed by atoms with E-state index in [4.69, 9.17) is 14.2 Å². The first kappa shape index (κ1) is 36.9. The van der Waals surface area contributed by atoms with Gasteiger partial charge in [-0.2, -0.15) is 0 Å². The highest BCUT2D eigenvalue weighted by Gasteiger charge is 2.39. The number of unbranched alkanes of at least 4 members (excludes halogenated alkanes) is 2. The predicted molar refractivity (Wildman–Crippen MR) is 225 cm³/mol. The van der Waals surface area contributed by atoms with Crippen molar-refractivity contribution in [2.24, 2.45) is 5.92 Å². The van der Waals surface area contributed by atoms with E-state index < -0.39 is 5.60 Å². The first-order valence-electron chi connectivity index (χ1n) is 20.9. The summed E-state index contributed by atoms with van der Waals surface area (Å²) in [6.07, 6.45) is 18.6. The Balaban J connectivity index is 1.09. The Bertz CT molecular complexity index is 2090. The van der Waals surface area contributed by atoms with Gasteiger partial charge in [-0.15, -0.1) is 0 Å². The molecule has 55 heavy (non-hydrogen) atoms. The molecule has 1 aliphatic carbocycles. The zero-order chi connectivity index (χ0) is 37.6. The van der Waals surface area contributed by atoms with Crippen LogP contribution < -0.4 is 14.4 Å². The van der Waals surface area contributed by atoms with E-state index in [1.165, 1.54) is 81.9 Å². The van der Waals surface area contributed by atoms with Gasteiger partial charge in [0.2, 0.25) is 0 Å². The van der Waals surface area contributed by atoms with E-state index in [1.54, 1.807) is 0 Å². The van der Waals surface area contributed by atoms with Gasteiger partial charge in [-0.3, -0.25) is 0 Å². The molecule has 1 saturated heterocycles. The number of hydrogen-bond donors (Lipinski definition) is 0. The molecule has 5 nitrogen and oxygen atoms in total. The molecule has 1 atom stereocenters. The Morgan fingerprint density at radius 1 is 0.782 bits per heavy atom. The number of carbonyl (C=O) groups excluding carboxylic acids is 1.